The first-order valence-electron chi connectivity index (χ1n) is 8.91. The van der Waals surface area contributed by atoms with Gasteiger partial charge in [0.05, 0.1) is 0 Å². The van der Waals surface area contributed by atoms with E-state index in [1.807, 2.05) is 6.92 Å². The summed E-state index contributed by atoms with van der Waals surface area (Å²) in [5, 5.41) is 8.01. The van der Waals surface area contributed by atoms with Crippen molar-refractivity contribution in [3.8, 4) is 0 Å². The molecule has 5 nitrogen and oxygen atoms in total. The van der Waals surface area contributed by atoms with Gasteiger partial charge in [-0.05, 0) is 50.8 Å². The van der Waals surface area contributed by atoms with Crippen LogP contribution in [0.5, 0.6) is 0 Å². The number of H-pyrrole nitrogens is 1. The van der Waals surface area contributed by atoms with Gasteiger partial charge >= 0.3 is 0 Å². The highest BCUT2D eigenvalue weighted by atomic mass is 127. The summed E-state index contributed by atoms with van der Waals surface area (Å²) in [7, 11) is 0. The van der Waals surface area contributed by atoms with E-state index in [1.165, 1.54) is 22.0 Å². The summed E-state index contributed by atoms with van der Waals surface area (Å²) in [6.45, 7) is 10.3. The second-order valence-electron chi connectivity index (χ2n) is 5.85. The highest BCUT2D eigenvalue weighted by molar-refractivity contribution is 14.0. The van der Waals surface area contributed by atoms with Gasteiger partial charge in [-0.3, -0.25) is 4.99 Å². The number of hydrogen-bond donors (Lipinski definition) is 3. The molecule has 1 aromatic carbocycles. The van der Waals surface area contributed by atoms with Crippen LogP contribution in [0.3, 0.4) is 0 Å². The molecule has 0 aliphatic rings. The molecule has 0 aliphatic heterocycles. The van der Waals surface area contributed by atoms with Gasteiger partial charge in [-0.1, -0.05) is 12.1 Å². The van der Waals surface area contributed by atoms with Crippen LogP contribution < -0.4 is 10.6 Å². The molecule has 140 valence electrons. The molecule has 0 radical (unpaired) electrons. The fourth-order valence-electron chi connectivity index (χ4n) is 2.67. The van der Waals surface area contributed by atoms with E-state index in [1.54, 1.807) is 0 Å². The number of aromatic nitrogens is 1. The van der Waals surface area contributed by atoms with Crippen molar-refractivity contribution in [2.45, 2.75) is 33.6 Å². The number of aromatic amines is 1. The molecule has 1 aromatic heterocycles. The van der Waals surface area contributed by atoms with E-state index in [2.05, 4.69) is 58.9 Å². The summed E-state index contributed by atoms with van der Waals surface area (Å²) in [5.41, 5.74) is 3.83. The number of ether oxygens (including phenoxy) is 1. The number of nitrogens with one attached hydrogen (secondary N) is 3. The smallest absolute Gasteiger partial charge is 0.191 e. The lowest BCUT2D eigenvalue weighted by Crippen LogP contribution is -2.38. The van der Waals surface area contributed by atoms with Crippen LogP contribution in [-0.2, 0) is 11.2 Å². The Hall–Kier alpha value is -1.28. The molecule has 1 heterocycles. The molecule has 0 atom stereocenters. The van der Waals surface area contributed by atoms with Crippen LogP contribution in [0.4, 0.5) is 0 Å². The standard InChI is InChI=1S/C19H30N4O.HI/c1-4-20-19(21-10-6-12-24-5-2)22-11-9-16-14-23-18-13-15(3)7-8-17(16)18;/h7-8,13-14,23H,4-6,9-12H2,1-3H3,(H2,20,21,22);1H. The van der Waals surface area contributed by atoms with Crippen LogP contribution in [0.25, 0.3) is 10.9 Å². The number of halogens is 1. The summed E-state index contributed by atoms with van der Waals surface area (Å²) in [6.07, 6.45) is 4.02. The van der Waals surface area contributed by atoms with Crippen molar-refractivity contribution < 1.29 is 4.74 Å². The third-order valence-electron chi connectivity index (χ3n) is 3.87. The molecule has 0 amide bonds. The Bertz CT molecular complexity index is 654. The number of guanidine groups is 1. The van der Waals surface area contributed by atoms with Crippen LogP contribution >= 0.6 is 24.0 Å². The van der Waals surface area contributed by atoms with Gasteiger partial charge in [0.1, 0.15) is 0 Å². The molecule has 2 rings (SSSR count). The molecule has 0 unspecified atom stereocenters. The van der Waals surface area contributed by atoms with Gasteiger partial charge in [0.15, 0.2) is 5.96 Å². The summed E-state index contributed by atoms with van der Waals surface area (Å²) in [6, 6.07) is 6.55. The molecule has 0 saturated heterocycles. The normalized spacial score (nSPS) is 11.4. The third-order valence-corrected chi connectivity index (χ3v) is 3.87. The van der Waals surface area contributed by atoms with E-state index < -0.39 is 0 Å². The van der Waals surface area contributed by atoms with E-state index in [-0.39, 0.29) is 24.0 Å². The quantitative estimate of drug-likeness (QED) is 0.233. The highest BCUT2D eigenvalue weighted by Gasteiger charge is 2.04. The highest BCUT2D eigenvalue weighted by Crippen LogP contribution is 2.19. The minimum absolute atomic E-state index is 0. The van der Waals surface area contributed by atoms with Crippen molar-refractivity contribution in [2.75, 3.05) is 32.8 Å². The lowest BCUT2D eigenvalue weighted by molar-refractivity contribution is 0.146. The molecule has 3 N–H and O–H groups in total. The summed E-state index contributed by atoms with van der Waals surface area (Å²) < 4.78 is 5.34. The maximum atomic E-state index is 5.34. The number of aryl methyl sites for hydroxylation is 1. The molecule has 2 aromatic rings. The van der Waals surface area contributed by atoms with Gasteiger partial charge in [-0.15, -0.1) is 24.0 Å². The van der Waals surface area contributed by atoms with Gasteiger partial charge in [-0.2, -0.15) is 0 Å². The molecule has 25 heavy (non-hydrogen) atoms. The Balaban J connectivity index is 0.00000312. The Labute approximate surface area is 168 Å². The molecular formula is C19H31IN4O. The van der Waals surface area contributed by atoms with E-state index >= 15 is 0 Å². The second-order valence-corrected chi connectivity index (χ2v) is 5.85. The zero-order valence-electron chi connectivity index (χ0n) is 15.5. The van der Waals surface area contributed by atoms with Crippen LogP contribution in [-0.4, -0.2) is 43.8 Å². The summed E-state index contributed by atoms with van der Waals surface area (Å²) in [4.78, 5) is 7.94. The van der Waals surface area contributed by atoms with Gasteiger partial charge in [0.2, 0.25) is 0 Å². The maximum absolute atomic E-state index is 5.34. The number of rotatable bonds is 9. The largest absolute Gasteiger partial charge is 0.382 e. The first-order valence-corrected chi connectivity index (χ1v) is 8.91. The van der Waals surface area contributed by atoms with E-state index in [9.17, 15) is 0 Å². The average Bonchev–Trinajstić information content (AvgIpc) is 2.96. The predicted octanol–water partition coefficient (Wildman–Crippen LogP) is 3.62. The molecule has 0 aliphatic carbocycles. The summed E-state index contributed by atoms with van der Waals surface area (Å²) in [5.74, 6) is 0.879. The van der Waals surface area contributed by atoms with Crippen LogP contribution in [0.1, 0.15) is 31.4 Å². The monoisotopic (exact) mass is 458 g/mol. The Kier molecular flexibility index (Phi) is 10.6. The zero-order valence-corrected chi connectivity index (χ0v) is 17.9. The van der Waals surface area contributed by atoms with Crippen LogP contribution in [0.2, 0.25) is 0 Å². The fourth-order valence-corrected chi connectivity index (χ4v) is 2.67. The zero-order chi connectivity index (χ0) is 17.2. The Morgan fingerprint density at radius 3 is 2.84 bits per heavy atom. The van der Waals surface area contributed by atoms with Crippen molar-refractivity contribution in [1.82, 2.24) is 15.6 Å². The molecule has 0 fully saturated rings. The molecule has 0 saturated carbocycles. The number of benzene rings is 1. The minimum Gasteiger partial charge on any atom is -0.382 e. The average molecular weight is 458 g/mol. The van der Waals surface area contributed by atoms with Gasteiger partial charge < -0.3 is 20.4 Å². The second kappa shape index (κ2) is 12.1. The number of nitrogens with zero attached hydrogens (tertiary/aromatic N) is 1. The molecular weight excluding hydrogens is 427 g/mol. The van der Waals surface area contributed by atoms with Crippen LogP contribution in [0.15, 0.2) is 29.4 Å². The minimum atomic E-state index is 0. The summed E-state index contributed by atoms with van der Waals surface area (Å²) >= 11 is 0. The molecule has 0 bridgehead atoms. The topological polar surface area (TPSA) is 61.4 Å². The Morgan fingerprint density at radius 2 is 2.08 bits per heavy atom. The predicted molar refractivity (Wildman–Crippen MR) is 117 cm³/mol. The van der Waals surface area contributed by atoms with E-state index in [0.717, 1.165) is 51.6 Å². The van der Waals surface area contributed by atoms with Gasteiger partial charge in [0, 0.05) is 49.9 Å². The van der Waals surface area contributed by atoms with Gasteiger partial charge in [-0.25, -0.2) is 0 Å². The lowest BCUT2D eigenvalue weighted by atomic mass is 10.1. The third kappa shape index (κ3) is 7.23. The Morgan fingerprint density at radius 1 is 1.24 bits per heavy atom. The van der Waals surface area contributed by atoms with Gasteiger partial charge in [0.25, 0.3) is 0 Å². The van der Waals surface area contributed by atoms with Crippen LogP contribution in [0, 0.1) is 6.92 Å². The van der Waals surface area contributed by atoms with E-state index in [4.69, 9.17) is 4.74 Å². The fraction of sp³-hybridized carbons (Fsp3) is 0.526. The number of aliphatic imine (C=N–C) groups is 1. The van der Waals surface area contributed by atoms with E-state index in [0.29, 0.717) is 0 Å². The number of hydrogen-bond acceptors (Lipinski definition) is 2. The first kappa shape index (κ1) is 21.8. The number of fused-ring (bicyclic) bond motifs is 1. The first-order chi connectivity index (χ1) is 11.7. The molecule has 6 heteroatoms. The van der Waals surface area contributed by atoms with Crippen molar-refractivity contribution in [1.29, 1.82) is 0 Å². The van der Waals surface area contributed by atoms with Crippen molar-refractivity contribution >= 4 is 40.8 Å². The maximum Gasteiger partial charge on any atom is 0.191 e. The molecule has 0 spiro atoms. The lowest BCUT2D eigenvalue weighted by Gasteiger charge is -2.11. The van der Waals surface area contributed by atoms with Crippen molar-refractivity contribution in [3.63, 3.8) is 0 Å². The van der Waals surface area contributed by atoms with Crippen molar-refractivity contribution in [3.05, 3.63) is 35.5 Å². The SMILES string of the molecule is CCNC(=NCCCOCC)NCCc1c[nH]c2cc(C)ccc12.I. The van der Waals surface area contributed by atoms with Crippen molar-refractivity contribution in [2.24, 2.45) is 4.99 Å².